The molecule has 45 heavy (non-hydrogen) atoms. The highest BCUT2D eigenvalue weighted by Gasteiger charge is 2.18. The summed E-state index contributed by atoms with van der Waals surface area (Å²) in [6, 6.07) is 49.5. The van der Waals surface area contributed by atoms with Gasteiger partial charge in [0.25, 0.3) is 0 Å². The van der Waals surface area contributed by atoms with Crippen LogP contribution in [-0.2, 0) is 6.42 Å². The summed E-state index contributed by atoms with van der Waals surface area (Å²) >= 11 is 0. The van der Waals surface area contributed by atoms with E-state index in [0.29, 0.717) is 5.92 Å². The molecule has 6 rings (SSSR count). The third-order valence-corrected chi connectivity index (χ3v) is 8.90. The summed E-state index contributed by atoms with van der Waals surface area (Å²) in [7, 11) is 0. The molecule has 6 aromatic carbocycles. The Kier molecular flexibility index (Phi) is 8.71. The summed E-state index contributed by atoms with van der Waals surface area (Å²) in [5.41, 5.74) is 17.9. The molecule has 0 saturated carbocycles. The smallest absolute Gasteiger partial charge is 0.0464 e. The summed E-state index contributed by atoms with van der Waals surface area (Å²) < 4.78 is 0. The summed E-state index contributed by atoms with van der Waals surface area (Å²) in [5.74, 6) is 0.310. The molecule has 0 heterocycles. The minimum Gasteiger partial charge on any atom is -0.310 e. The summed E-state index contributed by atoms with van der Waals surface area (Å²) in [6.07, 6.45) is 0.966. The first kappa shape index (κ1) is 30.2. The Balaban J connectivity index is 1.33. The number of rotatable bonds is 8. The Labute approximate surface area is 269 Å². The zero-order valence-electron chi connectivity index (χ0n) is 27.4. The van der Waals surface area contributed by atoms with E-state index >= 15 is 0 Å². The molecule has 0 aromatic heterocycles. The first-order valence-corrected chi connectivity index (χ1v) is 16.0. The van der Waals surface area contributed by atoms with Crippen LogP contribution < -0.4 is 4.90 Å². The van der Waals surface area contributed by atoms with Crippen molar-refractivity contribution < 1.29 is 0 Å². The van der Waals surface area contributed by atoms with Crippen molar-refractivity contribution >= 4 is 17.1 Å². The molecule has 1 nitrogen and oxygen atoms in total. The van der Waals surface area contributed by atoms with Gasteiger partial charge in [0.1, 0.15) is 0 Å². The van der Waals surface area contributed by atoms with Crippen molar-refractivity contribution in [3.05, 3.63) is 184 Å². The van der Waals surface area contributed by atoms with E-state index in [1.54, 1.807) is 0 Å². The van der Waals surface area contributed by atoms with Gasteiger partial charge in [0.05, 0.1) is 0 Å². The summed E-state index contributed by atoms with van der Waals surface area (Å²) in [4.78, 5) is 2.36. The van der Waals surface area contributed by atoms with E-state index in [9.17, 15) is 0 Å². The lowest BCUT2D eigenvalue weighted by Gasteiger charge is -2.27. The molecule has 0 spiro atoms. The topological polar surface area (TPSA) is 3.24 Å². The number of hydrogen-bond donors (Lipinski definition) is 0. The molecule has 0 N–H and O–H groups in total. The van der Waals surface area contributed by atoms with Crippen LogP contribution in [0, 0.1) is 41.5 Å². The van der Waals surface area contributed by atoms with Crippen molar-refractivity contribution in [2.24, 2.45) is 0 Å². The Morgan fingerprint density at radius 2 is 0.867 bits per heavy atom. The van der Waals surface area contributed by atoms with Crippen LogP contribution in [0.2, 0.25) is 0 Å². The molecule has 6 aromatic rings. The number of aryl methyl sites for hydroxylation is 6. The zero-order chi connectivity index (χ0) is 31.5. The lowest BCUT2D eigenvalue weighted by Crippen LogP contribution is -2.10. The fraction of sp³-hybridized carbons (Fsp3) is 0.182. The van der Waals surface area contributed by atoms with Gasteiger partial charge in [0, 0.05) is 23.0 Å². The van der Waals surface area contributed by atoms with Crippen molar-refractivity contribution in [2.45, 2.75) is 53.9 Å². The van der Waals surface area contributed by atoms with E-state index in [4.69, 9.17) is 0 Å². The minimum atomic E-state index is 0.310. The molecule has 0 bridgehead atoms. The van der Waals surface area contributed by atoms with Crippen molar-refractivity contribution in [1.29, 1.82) is 0 Å². The van der Waals surface area contributed by atoms with E-state index in [0.717, 1.165) is 6.42 Å². The average molecular weight is 586 g/mol. The molecule has 0 radical (unpaired) electrons. The largest absolute Gasteiger partial charge is 0.310 e. The summed E-state index contributed by atoms with van der Waals surface area (Å²) in [5, 5.41) is 0. The molecule has 0 unspecified atom stereocenters. The second-order valence-electron chi connectivity index (χ2n) is 12.7. The van der Waals surface area contributed by atoms with Crippen LogP contribution in [0.15, 0.2) is 133 Å². The molecule has 0 saturated heterocycles. The standard InChI is InChI=1S/C44H43N/c1-30-11-7-15-37(23-30)44(38-16-8-12-31(2)24-38)29-36-19-21-42(34(5)27-36)43-22-20-41(28-35(43)6)45(39-17-9-13-32(3)25-39)40-18-10-14-33(4)26-40/h7-28,44H,29H2,1-6H3. The zero-order valence-corrected chi connectivity index (χ0v) is 27.4. The second kappa shape index (κ2) is 13.0. The maximum Gasteiger partial charge on any atom is 0.0464 e. The van der Waals surface area contributed by atoms with Crippen molar-refractivity contribution in [3.63, 3.8) is 0 Å². The fourth-order valence-corrected chi connectivity index (χ4v) is 6.66. The Morgan fingerprint density at radius 3 is 1.33 bits per heavy atom. The molecular weight excluding hydrogens is 542 g/mol. The van der Waals surface area contributed by atoms with Gasteiger partial charge >= 0.3 is 0 Å². The molecule has 0 atom stereocenters. The van der Waals surface area contributed by atoms with Gasteiger partial charge in [0.15, 0.2) is 0 Å². The van der Waals surface area contributed by atoms with Gasteiger partial charge in [-0.3, -0.25) is 0 Å². The van der Waals surface area contributed by atoms with Crippen molar-refractivity contribution in [1.82, 2.24) is 0 Å². The first-order valence-electron chi connectivity index (χ1n) is 16.0. The molecule has 0 aliphatic rings. The molecule has 0 aliphatic carbocycles. The van der Waals surface area contributed by atoms with Gasteiger partial charge in [-0.15, -0.1) is 0 Å². The van der Waals surface area contributed by atoms with Crippen molar-refractivity contribution in [3.8, 4) is 11.1 Å². The van der Waals surface area contributed by atoms with E-state index in [1.807, 2.05) is 0 Å². The lowest BCUT2D eigenvalue weighted by atomic mass is 9.84. The third-order valence-electron chi connectivity index (χ3n) is 8.90. The van der Waals surface area contributed by atoms with Crippen LogP contribution in [0.4, 0.5) is 17.1 Å². The maximum atomic E-state index is 2.40. The number of hydrogen-bond acceptors (Lipinski definition) is 1. The number of benzene rings is 6. The normalized spacial score (nSPS) is 11.2. The van der Waals surface area contributed by atoms with E-state index in [-0.39, 0.29) is 0 Å². The van der Waals surface area contributed by atoms with Crippen LogP contribution in [0.1, 0.15) is 56.0 Å². The third kappa shape index (κ3) is 6.79. The molecule has 0 fully saturated rings. The highest BCUT2D eigenvalue weighted by molar-refractivity contribution is 5.80. The van der Waals surface area contributed by atoms with Gasteiger partial charge in [0.2, 0.25) is 0 Å². The van der Waals surface area contributed by atoms with Crippen molar-refractivity contribution in [2.75, 3.05) is 4.90 Å². The van der Waals surface area contributed by atoms with Crippen LogP contribution in [0.25, 0.3) is 11.1 Å². The molecule has 0 amide bonds. The van der Waals surface area contributed by atoms with Crippen LogP contribution in [0.5, 0.6) is 0 Å². The van der Waals surface area contributed by atoms with Gasteiger partial charge in [-0.2, -0.15) is 0 Å². The van der Waals surface area contributed by atoms with Crippen LogP contribution in [0.3, 0.4) is 0 Å². The Hall–Kier alpha value is -4.88. The van der Waals surface area contributed by atoms with E-state index in [2.05, 4.69) is 180 Å². The number of anilines is 3. The van der Waals surface area contributed by atoms with Crippen LogP contribution in [-0.4, -0.2) is 0 Å². The van der Waals surface area contributed by atoms with Gasteiger partial charge in [-0.05, 0) is 134 Å². The highest BCUT2D eigenvalue weighted by atomic mass is 15.1. The predicted octanol–water partition coefficient (Wildman–Crippen LogP) is 12.0. The van der Waals surface area contributed by atoms with Gasteiger partial charge < -0.3 is 4.90 Å². The predicted molar refractivity (Wildman–Crippen MR) is 193 cm³/mol. The molecular formula is C44H43N. The van der Waals surface area contributed by atoms with E-state index < -0.39 is 0 Å². The lowest BCUT2D eigenvalue weighted by molar-refractivity contribution is 0.802. The average Bonchev–Trinajstić information content (AvgIpc) is 3.01. The first-order chi connectivity index (χ1) is 21.7. The number of nitrogens with zero attached hydrogens (tertiary/aromatic N) is 1. The van der Waals surface area contributed by atoms with E-state index in [1.165, 1.54) is 78.3 Å². The second-order valence-corrected chi connectivity index (χ2v) is 12.7. The van der Waals surface area contributed by atoms with Crippen LogP contribution >= 0.6 is 0 Å². The maximum absolute atomic E-state index is 2.40. The van der Waals surface area contributed by atoms with Gasteiger partial charge in [-0.25, -0.2) is 0 Å². The Morgan fingerprint density at radius 1 is 0.422 bits per heavy atom. The summed E-state index contributed by atoms with van der Waals surface area (Å²) in [6.45, 7) is 13.2. The molecule has 1 heteroatoms. The molecule has 0 aliphatic heterocycles. The highest BCUT2D eigenvalue weighted by Crippen LogP contribution is 2.39. The monoisotopic (exact) mass is 585 g/mol. The van der Waals surface area contributed by atoms with Gasteiger partial charge in [-0.1, -0.05) is 108 Å². The Bertz CT molecular complexity index is 1870. The SMILES string of the molecule is Cc1cccc(C(Cc2ccc(-c3ccc(N(c4cccc(C)c4)c4cccc(C)c4)cc3C)c(C)c2)c2cccc(C)c2)c1. The fourth-order valence-electron chi connectivity index (χ4n) is 6.66. The molecule has 224 valence electrons. The minimum absolute atomic E-state index is 0.310. The quantitative estimate of drug-likeness (QED) is 0.172.